The fraction of sp³-hybridized carbons (Fsp3) is 0.188. The molecule has 2 rings (SSSR count). The number of aromatic nitrogens is 2. The number of aliphatic hydroxyl groups is 1. The van der Waals surface area contributed by atoms with Crippen LogP contribution in [0.25, 0.3) is 0 Å². The molecule has 2 heterocycles. The molecule has 0 aliphatic heterocycles. The van der Waals surface area contributed by atoms with Gasteiger partial charge in [0.2, 0.25) is 0 Å². The van der Waals surface area contributed by atoms with Crippen molar-refractivity contribution in [2.45, 2.75) is 13.5 Å². The summed E-state index contributed by atoms with van der Waals surface area (Å²) in [5, 5.41) is 11.5. The van der Waals surface area contributed by atoms with E-state index in [1.54, 1.807) is 24.5 Å². The van der Waals surface area contributed by atoms with E-state index in [0.29, 0.717) is 12.1 Å². The zero-order valence-corrected chi connectivity index (χ0v) is 11.6. The van der Waals surface area contributed by atoms with Crippen LogP contribution in [0.5, 0.6) is 0 Å². The molecule has 0 fully saturated rings. The van der Waals surface area contributed by atoms with E-state index in [1.807, 2.05) is 13.0 Å². The lowest BCUT2D eigenvalue weighted by Crippen LogP contribution is -2.25. The van der Waals surface area contributed by atoms with Crippen LogP contribution in [0.3, 0.4) is 0 Å². The largest absolute Gasteiger partial charge is 0.384 e. The van der Waals surface area contributed by atoms with Gasteiger partial charge in [-0.05, 0) is 36.2 Å². The minimum atomic E-state index is -0.305. The van der Waals surface area contributed by atoms with Crippen molar-refractivity contribution in [1.29, 1.82) is 0 Å². The summed E-state index contributed by atoms with van der Waals surface area (Å²) in [5.74, 6) is 4.93. The van der Waals surface area contributed by atoms with E-state index in [9.17, 15) is 4.79 Å². The lowest BCUT2D eigenvalue weighted by Gasteiger charge is -2.08. The number of aryl methyl sites for hydroxylation is 1. The number of hydrogen-bond donors (Lipinski definition) is 2. The maximum absolute atomic E-state index is 12.2. The Labute approximate surface area is 123 Å². The molecule has 0 unspecified atom stereocenters. The molecule has 0 radical (unpaired) electrons. The lowest BCUT2D eigenvalue weighted by molar-refractivity contribution is 0.0945. The zero-order chi connectivity index (χ0) is 15.1. The van der Waals surface area contributed by atoms with Crippen molar-refractivity contribution >= 4 is 5.91 Å². The average molecular weight is 281 g/mol. The molecule has 0 aliphatic rings. The number of hydrogen-bond acceptors (Lipinski definition) is 4. The molecule has 0 spiro atoms. The molecule has 0 saturated carbocycles. The van der Waals surface area contributed by atoms with Crippen LogP contribution in [0.4, 0.5) is 0 Å². The standard InChI is InChI=1S/C16H15N3O2/c1-12-6-8-17-10-14(12)11-19-16(21)15-13(5-3-9-20)4-2-7-18-15/h2,4,6-8,10,20H,9,11H2,1H3,(H,19,21). The van der Waals surface area contributed by atoms with Crippen molar-refractivity contribution in [3.8, 4) is 11.8 Å². The molecule has 0 atom stereocenters. The van der Waals surface area contributed by atoms with E-state index in [0.717, 1.165) is 11.1 Å². The van der Waals surface area contributed by atoms with Gasteiger partial charge in [-0.1, -0.05) is 11.8 Å². The van der Waals surface area contributed by atoms with E-state index < -0.39 is 0 Å². The highest BCUT2D eigenvalue weighted by molar-refractivity contribution is 5.94. The van der Waals surface area contributed by atoms with Gasteiger partial charge >= 0.3 is 0 Å². The van der Waals surface area contributed by atoms with Gasteiger partial charge in [0, 0.05) is 25.1 Å². The Balaban J connectivity index is 2.12. The Kier molecular flexibility index (Phi) is 5.02. The number of pyridine rings is 2. The van der Waals surface area contributed by atoms with Crippen molar-refractivity contribution < 1.29 is 9.90 Å². The third kappa shape index (κ3) is 3.88. The highest BCUT2D eigenvalue weighted by Crippen LogP contribution is 2.07. The predicted octanol–water partition coefficient (Wildman–Crippen LogP) is 1.06. The molecule has 21 heavy (non-hydrogen) atoms. The molecular formula is C16H15N3O2. The van der Waals surface area contributed by atoms with Gasteiger partial charge in [0.25, 0.3) is 5.91 Å². The normalized spacial score (nSPS) is 9.62. The van der Waals surface area contributed by atoms with Gasteiger partial charge in [0.1, 0.15) is 12.3 Å². The number of nitrogens with zero attached hydrogens (tertiary/aromatic N) is 2. The zero-order valence-electron chi connectivity index (χ0n) is 11.6. The molecular weight excluding hydrogens is 266 g/mol. The van der Waals surface area contributed by atoms with Crippen LogP contribution in [0, 0.1) is 18.8 Å². The predicted molar refractivity (Wildman–Crippen MR) is 78.3 cm³/mol. The summed E-state index contributed by atoms with van der Waals surface area (Å²) in [7, 11) is 0. The summed E-state index contributed by atoms with van der Waals surface area (Å²) < 4.78 is 0. The molecule has 2 aromatic heterocycles. The molecule has 5 nitrogen and oxygen atoms in total. The van der Waals surface area contributed by atoms with Gasteiger partial charge in [-0.2, -0.15) is 0 Å². The Morgan fingerprint density at radius 2 is 2.24 bits per heavy atom. The topological polar surface area (TPSA) is 75.1 Å². The van der Waals surface area contributed by atoms with Crippen LogP contribution in [0.15, 0.2) is 36.8 Å². The van der Waals surface area contributed by atoms with Crippen LogP contribution in [-0.2, 0) is 6.54 Å². The summed E-state index contributed by atoms with van der Waals surface area (Å²) in [4.78, 5) is 20.3. The summed E-state index contributed by atoms with van der Waals surface area (Å²) in [5.41, 5.74) is 2.75. The Morgan fingerprint density at radius 3 is 3.00 bits per heavy atom. The first-order valence-corrected chi connectivity index (χ1v) is 6.45. The summed E-state index contributed by atoms with van der Waals surface area (Å²) >= 11 is 0. The molecule has 2 aromatic rings. The van der Waals surface area contributed by atoms with Crippen LogP contribution in [0.2, 0.25) is 0 Å². The first kappa shape index (κ1) is 14.7. The second-order valence-corrected chi connectivity index (χ2v) is 4.34. The van der Waals surface area contributed by atoms with Gasteiger partial charge < -0.3 is 10.4 Å². The number of amides is 1. The average Bonchev–Trinajstić information content (AvgIpc) is 2.52. The summed E-state index contributed by atoms with van der Waals surface area (Å²) in [6.45, 7) is 2.08. The number of carbonyl (C=O) groups excluding carboxylic acids is 1. The second-order valence-electron chi connectivity index (χ2n) is 4.34. The Hall–Kier alpha value is -2.71. The number of aliphatic hydroxyl groups excluding tert-OH is 1. The third-order valence-corrected chi connectivity index (χ3v) is 2.91. The molecule has 0 aliphatic carbocycles. The fourth-order valence-corrected chi connectivity index (χ4v) is 1.76. The van der Waals surface area contributed by atoms with Crippen molar-refractivity contribution in [1.82, 2.24) is 15.3 Å². The summed E-state index contributed by atoms with van der Waals surface area (Å²) in [6.07, 6.45) is 4.97. The minimum Gasteiger partial charge on any atom is -0.384 e. The van der Waals surface area contributed by atoms with Crippen LogP contribution < -0.4 is 5.32 Å². The number of rotatable bonds is 3. The van der Waals surface area contributed by atoms with Gasteiger partial charge in [-0.25, -0.2) is 4.98 Å². The van der Waals surface area contributed by atoms with E-state index >= 15 is 0 Å². The molecule has 106 valence electrons. The first-order valence-electron chi connectivity index (χ1n) is 6.45. The maximum atomic E-state index is 12.2. The SMILES string of the molecule is Cc1ccncc1CNC(=O)c1ncccc1C#CCO. The minimum absolute atomic E-state index is 0.250. The Morgan fingerprint density at radius 1 is 1.38 bits per heavy atom. The molecule has 0 bridgehead atoms. The van der Waals surface area contributed by atoms with Gasteiger partial charge in [0.05, 0.1) is 5.56 Å². The lowest BCUT2D eigenvalue weighted by atomic mass is 10.1. The quantitative estimate of drug-likeness (QED) is 0.825. The molecule has 5 heteroatoms. The second kappa shape index (κ2) is 7.17. The fourth-order valence-electron chi connectivity index (χ4n) is 1.76. The van der Waals surface area contributed by atoms with Crippen LogP contribution in [-0.4, -0.2) is 27.6 Å². The highest BCUT2D eigenvalue weighted by atomic mass is 16.2. The van der Waals surface area contributed by atoms with E-state index in [2.05, 4.69) is 27.1 Å². The molecule has 1 amide bonds. The number of carbonyl (C=O) groups is 1. The molecule has 2 N–H and O–H groups in total. The van der Waals surface area contributed by atoms with Crippen LogP contribution in [0.1, 0.15) is 27.2 Å². The monoisotopic (exact) mass is 281 g/mol. The van der Waals surface area contributed by atoms with E-state index in [1.165, 1.54) is 6.20 Å². The van der Waals surface area contributed by atoms with Crippen LogP contribution >= 0.6 is 0 Å². The molecule has 0 saturated heterocycles. The summed E-state index contributed by atoms with van der Waals surface area (Å²) in [6, 6.07) is 5.28. The smallest absolute Gasteiger partial charge is 0.271 e. The maximum Gasteiger partial charge on any atom is 0.271 e. The van der Waals surface area contributed by atoms with Gasteiger partial charge in [0.15, 0.2) is 0 Å². The van der Waals surface area contributed by atoms with Gasteiger partial charge in [-0.3, -0.25) is 9.78 Å². The molecule has 0 aromatic carbocycles. The Bertz CT molecular complexity index is 702. The van der Waals surface area contributed by atoms with Crippen molar-refractivity contribution in [2.24, 2.45) is 0 Å². The highest BCUT2D eigenvalue weighted by Gasteiger charge is 2.11. The van der Waals surface area contributed by atoms with E-state index in [4.69, 9.17) is 5.11 Å². The first-order chi connectivity index (χ1) is 10.2. The van der Waals surface area contributed by atoms with Gasteiger partial charge in [-0.15, -0.1) is 0 Å². The van der Waals surface area contributed by atoms with E-state index in [-0.39, 0.29) is 18.2 Å². The third-order valence-electron chi connectivity index (χ3n) is 2.91. The van der Waals surface area contributed by atoms with Crippen molar-refractivity contribution in [3.05, 3.63) is 59.2 Å². The van der Waals surface area contributed by atoms with Crippen molar-refractivity contribution in [2.75, 3.05) is 6.61 Å². The number of nitrogens with one attached hydrogen (secondary N) is 1. The van der Waals surface area contributed by atoms with Crippen molar-refractivity contribution in [3.63, 3.8) is 0 Å².